The van der Waals surface area contributed by atoms with Gasteiger partial charge in [-0.25, -0.2) is 13.4 Å². The van der Waals surface area contributed by atoms with E-state index in [9.17, 15) is 28.1 Å². The van der Waals surface area contributed by atoms with Gasteiger partial charge in [-0.1, -0.05) is 88.2 Å². The van der Waals surface area contributed by atoms with Crippen molar-refractivity contribution in [2.24, 2.45) is 0 Å². The predicted molar refractivity (Wildman–Crippen MR) is 221 cm³/mol. The summed E-state index contributed by atoms with van der Waals surface area (Å²) in [5.74, 6) is -0.136. The topological polar surface area (TPSA) is 150 Å². The maximum Gasteiger partial charge on any atom is 0.273 e. The van der Waals surface area contributed by atoms with Gasteiger partial charge in [0.05, 0.1) is 15.4 Å². The Morgan fingerprint density at radius 2 is 1.44 bits per heavy atom. The highest BCUT2D eigenvalue weighted by molar-refractivity contribution is 9.10. The Hall–Kier alpha value is -6.15. The quantitative estimate of drug-likeness (QED) is 0.0892. The number of carbonyl (C=O) groups is 2. The highest BCUT2D eigenvalue weighted by Gasteiger charge is 2.35. The number of nitro benzene ring substituents is 1. The first-order valence-electron chi connectivity index (χ1n) is 17.5. The molecule has 7 rings (SSSR count). The highest BCUT2D eigenvalue weighted by Crippen LogP contribution is 2.26. The summed E-state index contributed by atoms with van der Waals surface area (Å²) in [4.78, 5) is 42.7. The normalized spacial score (nSPS) is 11.9. The van der Waals surface area contributed by atoms with Crippen LogP contribution in [-0.2, 0) is 34.2 Å². The van der Waals surface area contributed by atoms with Gasteiger partial charge in [-0.3, -0.25) is 19.7 Å². The van der Waals surface area contributed by atoms with E-state index in [4.69, 9.17) is 16.3 Å². The number of sulfone groups is 1. The first-order chi connectivity index (χ1) is 27.4. The number of pyridine rings is 1. The van der Waals surface area contributed by atoms with Gasteiger partial charge in [0.2, 0.25) is 9.84 Å². The number of halogens is 2. The number of aromatic nitrogens is 2. The zero-order chi connectivity index (χ0) is 40.1. The van der Waals surface area contributed by atoms with Crippen LogP contribution >= 0.6 is 27.5 Å². The third kappa shape index (κ3) is 9.12. The number of ether oxygens (including phenoxy) is 1. The summed E-state index contributed by atoms with van der Waals surface area (Å²) in [5.41, 5.74) is 4.84. The molecule has 0 bridgehead atoms. The van der Waals surface area contributed by atoms with Crippen molar-refractivity contribution in [1.82, 2.24) is 14.9 Å². The molecule has 0 aliphatic heterocycles. The molecule has 0 spiro atoms. The molecule has 0 saturated carbocycles. The summed E-state index contributed by atoms with van der Waals surface area (Å²) in [6.07, 6.45) is 3.06. The van der Waals surface area contributed by atoms with Gasteiger partial charge in [0.25, 0.3) is 16.7 Å². The van der Waals surface area contributed by atoms with E-state index in [1.165, 1.54) is 0 Å². The van der Waals surface area contributed by atoms with Crippen molar-refractivity contribution in [3.63, 3.8) is 0 Å². The van der Waals surface area contributed by atoms with Gasteiger partial charge in [0.15, 0.2) is 0 Å². The van der Waals surface area contributed by atoms with E-state index in [1.807, 2.05) is 77.4 Å². The number of carbonyl (C=O) groups excluding carboxylic acids is 2. The summed E-state index contributed by atoms with van der Waals surface area (Å²) in [7, 11) is -4.71. The zero-order valence-electron chi connectivity index (χ0n) is 29.9. The first-order valence-corrected chi connectivity index (χ1v) is 20.2. The zero-order valence-corrected chi connectivity index (χ0v) is 33.1. The Morgan fingerprint density at radius 3 is 2.09 bits per heavy atom. The molecular formula is C43H32BrClN4O7S. The van der Waals surface area contributed by atoms with Crippen molar-refractivity contribution >= 4 is 65.1 Å². The average molecular weight is 864 g/mol. The molecule has 1 amide bonds. The van der Waals surface area contributed by atoms with Crippen LogP contribution in [0.15, 0.2) is 155 Å². The number of hydrogen-bond donors (Lipinski definition) is 1. The molecule has 11 nitrogen and oxygen atoms in total. The standard InChI is InChI=1S/C43H32BrClN4O7S/c44-33-13-5-30(6-14-33)27-56-36-19-7-28(8-20-36)24-40(43(51)57(54,55)37-21-17-35(18-22-37)49(52)53)47-42(50)39-26-48(41-38(39)2-1-23-46-41)25-29-3-9-31(10-4-29)32-11-15-34(45)16-12-32/h1-23,26,40H,24-25,27H2,(H,47,50)/t40-/m0/s1. The fourth-order valence-corrected chi connectivity index (χ4v) is 7.88. The number of nitro groups is 1. The molecule has 286 valence electrons. The molecule has 7 aromatic rings. The van der Waals surface area contributed by atoms with Crippen LogP contribution in [0.2, 0.25) is 5.02 Å². The van der Waals surface area contributed by atoms with Crippen LogP contribution in [0.5, 0.6) is 5.75 Å². The smallest absolute Gasteiger partial charge is 0.273 e. The van der Waals surface area contributed by atoms with Gasteiger partial charge >= 0.3 is 0 Å². The Bertz CT molecular complexity index is 2690. The van der Waals surface area contributed by atoms with Crippen molar-refractivity contribution in [3.8, 4) is 16.9 Å². The second-order valence-electron chi connectivity index (χ2n) is 13.1. The third-order valence-corrected chi connectivity index (χ3v) is 11.7. The lowest BCUT2D eigenvalue weighted by Crippen LogP contribution is -2.45. The van der Waals surface area contributed by atoms with Crippen LogP contribution in [-0.4, -0.2) is 40.0 Å². The number of fused-ring (bicyclic) bond motifs is 1. The number of nitrogens with zero attached hydrogens (tertiary/aromatic N) is 3. The summed E-state index contributed by atoms with van der Waals surface area (Å²) >= 11 is 9.47. The Balaban J connectivity index is 1.15. The number of hydrogen-bond acceptors (Lipinski definition) is 8. The predicted octanol–water partition coefficient (Wildman–Crippen LogP) is 9.00. The molecule has 0 aliphatic carbocycles. The summed E-state index contributed by atoms with van der Waals surface area (Å²) in [6.45, 7) is 0.684. The van der Waals surface area contributed by atoms with Gasteiger partial charge in [-0.05, 0) is 88.5 Å². The highest BCUT2D eigenvalue weighted by atomic mass is 79.9. The monoisotopic (exact) mass is 862 g/mol. The molecule has 0 fully saturated rings. The molecule has 5 aromatic carbocycles. The van der Waals surface area contributed by atoms with E-state index in [1.54, 1.807) is 48.8 Å². The SMILES string of the molecule is O=C(N[C@@H](Cc1ccc(OCc2ccc(Br)cc2)cc1)C(=O)S(=O)(=O)c1ccc([N+](=O)[O-])cc1)c1cn(Cc2ccc(-c3ccc(Cl)cc3)cc2)c2ncccc12. The van der Waals surface area contributed by atoms with Crippen LogP contribution in [0.25, 0.3) is 22.2 Å². The van der Waals surface area contributed by atoms with Crippen molar-refractivity contribution in [1.29, 1.82) is 0 Å². The van der Waals surface area contributed by atoms with E-state index in [0.717, 1.165) is 51.0 Å². The van der Waals surface area contributed by atoms with E-state index >= 15 is 0 Å². The van der Waals surface area contributed by atoms with E-state index in [2.05, 4.69) is 26.2 Å². The second kappa shape index (κ2) is 16.9. The van der Waals surface area contributed by atoms with Gasteiger partial charge < -0.3 is 14.6 Å². The molecule has 14 heteroatoms. The Kier molecular flexibility index (Phi) is 11.6. The molecule has 0 aliphatic rings. The number of non-ortho nitro benzene ring substituents is 1. The summed E-state index contributed by atoms with van der Waals surface area (Å²) in [5, 5.41) is 13.8. The molecule has 1 atom stereocenters. The van der Waals surface area contributed by atoms with Gasteiger partial charge in [0.1, 0.15) is 24.0 Å². The number of rotatable bonds is 13. The van der Waals surface area contributed by atoms with Crippen LogP contribution < -0.4 is 10.1 Å². The molecule has 2 aromatic heterocycles. The van der Waals surface area contributed by atoms with E-state index in [0.29, 0.717) is 40.5 Å². The van der Waals surface area contributed by atoms with E-state index in [-0.39, 0.29) is 17.7 Å². The maximum atomic E-state index is 14.1. The van der Waals surface area contributed by atoms with Crippen molar-refractivity contribution in [3.05, 3.63) is 188 Å². The third-order valence-electron chi connectivity index (χ3n) is 9.26. The lowest BCUT2D eigenvalue weighted by molar-refractivity contribution is -0.384. The lowest BCUT2D eigenvalue weighted by atomic mass is 10.0. The van der Waals surface area contributed by atoms with Crippen molar-refractivity contribution in [2.75, 3.05) is 0 Å². The molecule has 2 heterocycles. The van der Waals surface area contributed by atoms with Crippen molar-refractivity contribution < 1.29 is 27.7 Å². The van der Waals surface area contributed by atoms with Crippen LogP contribution in [0.1, 0.15) is 27.0 Å². The molecule has 0 saturated heterocycles. The molecule has 0 unspecified atom stereocenters. The average Bonchev–Trinajstić information content (AvgIpc) is 3.59. The number of nitrogens with one attached hydrogen (secondary N) is 1. The van der Waals surface area contributed by atoms with Crippen molar-refractivity contribution in [2.45, 2.75) is 30.5 Å². The van der Waals surface area contributed by atoms with E-state index < -0.39 is 36.7 Å². The number of amides is 1. The van der Waals surface area contributed by atoms with Gasteiger partial charge in [-0.15, -0.1) is 0 Å². The Labute approximate surface area is 341 Å². The summed E-state index contributed by atoms with van der Waals surface area (Å²) < 4.78 is 36.1. The molecule has 57 heavy (non-hydrogen) atoms. The maximum absolute atomic E-state index is 14.1. The van der Waals surface area contributed by atoms with Crippen LogP contribution in [0.4, 0.5) is 5.69 Å². The van der Waals surface area contributed by atoms with Gasteiger partial charge in [-0.2, -0.15) is 0 Å². The molecular weight excluding hydrogens is 832 g/mol. The molecule has 0 radical (unpaired) electrons. The fourth-order valence-electron chi connectivity index (χ4n) is 6.25. The number of benzene rings is 5. The minimum absolute atomic E-state index is 0.180. The minimum Gasteiger partial charge on any atom is -0.489 e. The minimum atomic E-state index is -4.71. The molecule has 1 N–H and O–H groups in total. The first kappa shape index (κ1) is 39.1. The van der Waals surface area contributed by atoms with Crippen LogP contribution in [0, 0.1) is 10.1 Å². The lowest BCUT2D eigenvalue weighted by Gasteiger charge is -2.18. The van der Waals surface area contributed by atoms with Crippen LogP contribution in [0.3, 0.4) is 0 Å². The summed E-state index contributed by atoms with van der Waals surface area (Å²) in [6, 6.07) is 35.8. The van der Waals surface area contributed by atoms with Gasteiger partial charge in [0, 0.05) is 52.4 Å². The Morgan fingerprint density at radius 1 is 0.825 bits per heavy atom. The fraction of sp³-hybridized carbons (Fsp3) is 0.0930. The second-order valence-corrected chi connectivity index (χ2v) is 16.3. The largest absolute Gasteiger partial charge is 0.489 e.